The molecule has 0 fully saturated rings. The lowest BCUT2D eigenvalue weighted by Crippen LogP contribution is -2.55. The average Bonchev–Trinajstić information content (AvgIpc) is 2.74. The summed E-state index contributed by atoms with van der Waals surface area (Å²) in [5.74, 6) is -0.567. The van der Waals surface area contributed by atoms with E-state index in [4.69, 9.17) is 4.74 Å². The van der Waals surface area contributed by atoms with Crippen LogP contribution in [0.5, 0.6) is 5.75 Å². The molecule has 8 nitrogen and oxygen atoms in total. The minimum Gasteiger partial charge on any atom is -0.508 e. The normalized spacial score (nSPS) is 14.1. The fraction of sp³-hybridized carbons (Fsp3) is 0.667. The third kappa shape index (κ3) is 10.2. The van der Waals surface area contributed by atoms with E-state index in [9.17, 15) is 19.5 Å². The number of hydrogen-bond acceptors (Lipinski definition) is 5. The topological polar surface area (TPSA) is 108 Å². The van der Waals surface area contributed by atoms with Crippen molar-refractivity contribution in [3.05, 3.63) is 29.8 Å². The van der Waals surface area contributed by atoms with Gasteiger partial charge in [-0.25, -0.2) is 4.79 Å². The zero-order chi connectivity index (χ0) is 26.8. The largest absolute Gasteiger partial charge is 0.508 e. The second-order valence-electron chi connectivity index (χ2n) is 10.5. The molecule has 1 rings (SSSR count). The Kier molecular flexibility index (Phi) is 12.1. The van der Waals surface area contributed by atoms with Crippen LogP contribution in [0.25, 0.3) is 0 Å². The molecule has 3 unspecified atom stereocenters. The number of carbonyl (C=O) groups is 3. The molecule has 3 atom stereocenters. The first-order valence-electron chi connectivity index (χ1n) is 12.7. The van der Waals surface area contributed by atoms with E-state index in [2.05, 4.69) is 10.6 Å². The number of ether oxygens (including phenoxy) is 1. The highest BCUT2D eigenvalue weighted by atomic mass is 16.6. The lowest BCUT2D eigenvalue weighted by atomic mass is 9.97. The van der Waals surface area contributed by atoms with E-state index in [1.165, 1.54) is 12.1 Å². The highest BCUT2D eigenvalue weighted by Crippen LogP contribution is 2.29. The number of alkyl carbamates (subject to hydrolysis) is 1. The van der Waals surface area contributed by atoms with E-state index in [1.807, 2.05) is 34.6 Å². The number of carbonyl (C=O) groups excluding carboxylic acids is 3. The van der Waals surface area contributed by atoms with Gasteiger partial charge >= 0.3 is 6.09 Å². The van der Waals surface area contributed by atoms with Crippen molar-refractivity contribution in [1.82, 2.24) is 15.5 Å². The van der Waals surface area contributed by atoms with Crippen molar-refractivity contribution in [2.75, 3.05) is 6.54 Å². The molecule has 35 heavy (non-hydrogen) atoms. The van der Waals surface area contributed by atoms with Gasteiger partial charge in [-0.05, 0) is 70.6 Å². The fourth-order valence-corrected chi connectivity index (χ4v) is 3.74. The predicted octanol–water partition coefficient (Wildman–Crippen LogP) is 4.92. The van der Waals surface area contributed by atoms with Gasteiger partial charge in [0.05, 0.1) is 0 Å². The molecule has 0 heterocycles. The van der Waals surface area contributed by atoms with Crippen LogP contribution in [0.2, 0.25) is 0 Å². The molecule has 3 N–H and O–H groups in total. The first kappa shape index (κ1) is 30.3. The van der Waals surface area contributed by atoms with Gasteiger partial charge in [0.25, 0.3) is 0 Å². The summed E-state index contributed by atoms with van der Waals surface area (Å²) in [4.78, 5) is 41.6. The molecule has 0 aliphatic rings. The Balaban J connectivity index is 3.47. The van der Waals surface area contributed by atoms with E-state index < -0.39 is 23.8 Å². The molecule has 0 saturated heterocycles. The molecule has 1 aromatic carbocycles. The van der Waals surface area contributed by atoms with Gasteiger partial charge in [-0.3, -0.25) is 9.59 Å². The van der Waals surface area contributed by atoms with Crippen LogP contribution in [0.4, 0.5) is 4.79 Å². The number of nitrogens with one attached hydrogen (secondary N) is 2. The number of benzene rings is 1. The van der Waals surface area contributed by atoms with Crippen molar-refractivity contribution in [2.45, 2.75) is 105 Å². The third-order valence-electron chi connectivity index (χ3n) is 5.56. The molecule has 0 radical (unpaired) electrons. The quantitative estimate of drug-likeness (QED) is 0.360. The van der Waals surface area contributed by atoms with Crippen molar-refractivity contribution in [2.24, 2.45) is 5.92 Å². The maximum Gasteiger partial charge on any atom is 0.408 e. The van der Waals surface area contributed by atoms with E-state index >= 15 is 0 Å². The fourth-order valence-electron chi connectivity index (χ4n) is 3.74. The monoisotopic (exact) mass is 491 g/mol. The van der Waals surface area contributed by atoms with Crippen molar-refractivity contribution in [3.8, 4) is 5.75 Å². The minimum atomic E-state index is -0.962. The molecule has 198 valence electrons. The van der Waals surface area contributed by atoms with Crippen molar-refractivity contribution in [1.29, 1.82) is 0 Å². The Morgan fingerprint density at radius 2 is 1.77 bits per heavy atom. The van der Waals surface area contributed by atoms with Crippen LogP contribution in [0.3, 0.4) is 0 Å². The molecule has 0 saturated carbocycles. The number of rotatable bonds is 12. The average molecular weight is 492 g/mol. The maximum atomic E-state index is 14.0. The smallest absolute Gasteiger partial charge is 0.408 e. The Morgan fingerprint density at radius 3 is 2.29 bits per heavy atom. The molecule has 0 aromatic heterocycles. The SMILES string of the molecule is CCCCNC(=O)C(c1cccc(O)c1)N(C(=O)C(CC(C)C)NC(=O)OC(C)(C)C)C(C)CC. The number of hydrogen-bond donors (Lipinski definition) is 3. The van der Waals surface area contributed by atoms with Crippen molar-refractivity contribution < 1.29 is 24.2 Å². The number of amides is 3. The van der Waals surface area contributed by atoms with Crippen LogP contribution in [0, 0.1) is 5.92 Å². The van der Waals surface area contributed by atoms with E-state index in [-0.39, 0.29) is 29.5 Å². The second-order valence-corrected chi connectivity index (χ2v) is 10.5. The maximum absolute atomic E-state index is 14.0. The van der Waals surface area contributed by atoms with Gasteiger partial charge in [0, 0.05) is 12.6 Å². The predicted molar refractivity (Wildman–Crippen MR) is 138 cm³/mol. The molecular formula is C27H45N3O5. The summed E-state index contributed by atoms with van der Waals surface area (Å²) in [7, 11) is 0. The van der Waals surface area contributed by atoms with Gasteiger partial charge in [0.2, 0.25) is 11.8 Å². The zero-order valence-corrected chi connectivity index (χ0v) is 22.7. The summed E-state index contributed by atoms with van der Waals surface area (Å²) >= 11 is 0. The van der Waals surface area contributed by atoms with Gasteiger partial charge in [-0.1, -0.05) is 46.2 Å². The summed E-state index contributed by atoms with van der Waals surface area (Å²) in [6.45, 7) is 15.6. The summed E-state index contributed by atoms with van der Waals surface area (Å²) in [6.07, 6.45) is 2.04. The lowest BCUT2D eigenvalue weighted by molar-refractivity contribution is -0.145. The summed E-state index contributed by atoms with van der Waals surface area (Å²) in [5, 5.41) is 15.8. The first-order valence-corrected chi connectivity index (χ1v) is 12.7. The lowest BCUT2D eigenvalue weighted by Gasteiger charge is -2.38. The van der Waals surface area contributed by atoms with E-state index in [0.717, 1.165) is 12.8 Å². The second kappa shape index (κ2) is 14.0. The highest BCUT2D eigenvalue weighted by Gasteiger charge is 2.38. The Labute approximate surface area is 210 Å². The van der Waals surface area contributed by atoms with Crippen LogP contribution < -0.4 is 10.6 Å². The Morgan fingerprint density at radius 1 is 1.11 bits per heavy atom. The number of phenols is 1. The van der Waals surface area contributed by atoms with Crippen LogP contribution >= 0.6 is 0 Å². The number of aromatic hydroxyl groups is 1. The van der Waals surface area contributed by atoms with Crippen molar-refractivity contribution >= 4 is 17.9 Å². The number of nitrogens with zero attached hydrogens (tertiary/aromatic N) is 1. The molecule has 0 aliphatic heterocycles. The van der Waals surface area contributed by atoms with Crippen LogP contribution in [0.15, 0.2) is 24.3 Å². The van der Waals surface area contributed by atoms with Gasteiger partial charge < -0.3 is 25.4 Å². The standard InChI is InChI=1S/C27H45N3O5/c1-9-11-15-28-24(32)23(20-13-12-14-21(31)17-20)30(19(5)10-2)25(33)22(16-18(3)4)29-26(34)35-27(6,7)8/h12-14,17-19,22-23,31H,9-11,15-16H2,1-8H3,(H,28,32)(H,29,34). The zero-order valence-electron chi connectivity index (χ0n) is 22.7. The van der Waals surface area contributed by atoms with Crippen LogP contribution in [0.1, 0.15) is 92.7 Å². The molecule has 0 aliphatic carbocycles. The molecule has 1 aromatic rings. The summed E-state index contributed by atoms with van der Waals surface area (Å²) in [5.41, 5.74) is -0.206. The van der Waals surface area contributed by atoms with Gasteiger partial charge in [-0.2, -0.15) is 0 Å². The van der Waals surface area contributed by atoms with Gasteiger partial charge in [0.15, 0.2) is 0 Å². The molecular weight excluding hydrogens is 446 g/mol. The molecule has 0 bridgehead atoms. The Hall–Kier alpha value is -2.77. The first-order chi connectivity index (χ1) is 16.3. The van der Waals surface area contributed by atoms with E-state index in [1.54, 1.807) is 37.8 Å². The molecule has 0 spiro atoms. The van der Waals surface area contributed by atoms with E-state index in [0.29, 0.717) is 24.9 Å². The number of phenolic OH excluding ortho intramolecular Hbond substituents is 1. The summed E-state index contributed by atoms with van der Waals surface area (Å²) < 4.78 is 5.41. The van der Waals surface area contributed by atoms with Crippen LogP contribution in [-0.4, -0.2) is 52.1 Å². The minimum absolute atomic E-state index is 0.0102. The summed E-state index contributed by atoms with van der Waals surface area (Å²) in [6, 6.07) is 4.27. The molecule has 8 heteroatoms. The van der Waals surface area contributed by atoms with Crippen LogP contribution in [-0.2, 0) is 14.3 Å². The van der Waals surface area contributed by atoms with Gasteiger partial charge in [-0.15, -0.1) is 0 Å². The van der Waals surface area contributed by atoms with Gasteiger partial charge in [0.1, 0.15) is 23.4 Å². The number of unbranched alkanes of at least 4 members (excludes halogenated alkanes) is 1. The Bertz CT molecular complexity index is 834. The molecule has 3 amide bonds. The van der Waals surface area contributed by atoms with Crippen molar-refractivity contribution in [3.63, 3.8) is 0 Å². The third-order valence-corrected chi connectivity index (χ3v) is 5.56. The highest BCUT2D eigenvalue weighted by molar-refractivity contribution is 5.92.